The zero-order valence-corrected chi connectivity index (χ0v) is 9.48. The van der Waals surface area contributed by atoms with Gasteiger partial charge in [-0.15, -0.1) is 0 Å². The van der Waals surface area contributed by atoms with Crippen molar-refractivity contribution in [2.75, 3.05) is 20.1 Å². The number of rotatable bonds is 3. The summed E-state index contributed by atoms with van der Waals surface area (Å²) in [5, 5.41) is 3.40. The molecule has 0 bridgehead atoms. The number of likely N-dealkylation sites (N-methyl/N-ethyl adjacent to an activating group) is 1. The Morgan fingerprint density at radius 2 is 2.47 bits per heavy atom. The van der Waals surface area contributed by atoms with Crippen LogP contribution in [0.5, 0.6) is 0 Å². The Kier molecular flexibility index (Phi) is 3.34. The van der Waals surface area contributed by atoms with Gasteiger partial charge in [0.25, 0.3) is 0 Å². The van der Waals surface area contributed by atoms with Gasteiger partial charge in [0.15, 0.2) is 0 Å². The first-order valence-corrected chi connectivity index (χ1v) is 5.61. The lowest BCUT2D eigenvalue weighted by molar-refractivity contribution is 0.196. The molecule has 1 aromatic heterocycles. The van der Waals surface area contributed by atoms with Crippen molar-refractivity contribution in [1.29, 1.82) is 0 Å². The van der Waals surface area contributed by atoms with E-state index in [0.29, 0.717) is 12.1 Å². The molecular weight excluding hydrogens is 186 g/mol. The second-order valence-corrected chi connectivity index (χ2v) is 4.27. The highest BCUT2D eigenvalue weighted by Gasteiger charge is 2.23. The number of aromatic nitrogens is 1. The third-order valence-electron chi connectivity index (χ3n) is 3.39. The molecule has 0 amide bonds. The molecule has 2 rings (SSSR count). The van der Waals surface area contributed by atoms with Crippen LogP contribution in [0.3, 0.4) is 0 Å². The minimum absolute atomic E-state index is 0.448. The van der Waals surface area contributed by atoms with Crippen LogP contribution in [0.15, 0.2) is 24.5 Å². The van der Waals surface area contributed by atoms with Gasteiger partial charge in [-0.25, -0.2) is 0 Å². The lowest BCUT2D eigenvalue weighted by Gasteiger charge is -2.30. The van der Waals surface area contributed by atoms with Crippen LogP contribution >= 0.6 is 0 Å². The minimum Gasteiger partial charge on any atom is -0.315 e. The monoisotopic (exact) mass is 205 g/mol. The summed E-state index contributed by atoms with van der Waals surface area (Å²) in [7, 11) is 2.20. The largest absolute Gasteiger partial charge is 0.315 e. The number of pyridine rings is 1. The SMILES string of the molecule is CC(c1cccnc1)N(C)C1CCNC1. The lowest BCUT2D eigenvalue weighted by Crippen LogP contribution is -2.35. The molecule has 1 aliphatic rings. The van der Waals surface area contributed by atoms with E-state index in [1.165, 1.54) is 12.0 Å². The fourth-order valence-electron chi connectivity index (χ4n) is 2.16. The van der Waals surface area contributed by atoms with Gasteiger partial charge in [-0.3, -0.25) is 9.88 Å². The van der Waals surface area contributed by atoms with E-state index >= 15 is 0 Å². The number of nitrogens with zero attached hydrogens (tertiary/aromatic N) is 2. The summed E-state index contributed by atoms with van der Waals surface area (Å²) in [6, 6.07) is 5.27. The van der Waals surface area contributed by atoms with Crippen LogP contribution in [0.4, 0.5) is 0 Å². The summed E-state index contributed by atoms with van der Waals surface area (Å²) in [4.78, 5) is 6.61. The highest BCUT2D eigenvalue weighted by Crippen LogP contribution is 2.21. The summed E-state index contributed by atoms with van der Waals surface area (Å²) < 4.78 is 0. The molecule has 1 N–H and O–H groups in total. The van der Waals surface area contributed by atoms with Crippen molar-refractivity contribution in [3.05, 3.63) is 30.1 Å². The molecule has 3 nitrogen and oxygen atoms in total. The van der Waals surface area contributed by atoms with Gasteiger partial charge < -0.3 is 5.32 Å². The van der Waals surface area contributed by atoms with Crippen LogP contribution in [-0.2, 0) is 0 Å². The van der Waals surface area contributed by atoms with Crippen molar-refractivity contribution < 1.29 is 0 Å². The first kappa shape index (κ1) is 10.6. The first-order chi connectivity index (χ1) is 7.29. The summed E-state index contributed by atoms with van der Waals surface area (Å²) in [5.74, 6) is 0. The maximum absolute atomic E-state index is 4.17. The third-order valence-corrected chi connectivity index (χ3v) is 3.39. The van der Waals surface area contributed by atoms with Crippen molar-refractivity contribution in [2.24, 2.45) is 0 Å². The van der Waals surface area contributed by atoms with E-state index in [4.69, 9.17) is 0 Å². The van der Waals surface area contributed by atoms with Gasteiger partial charge in [0.1, 0.15) is 0 Å². The molecule has 15 heavy (non-hydrogen) atoms. The predicted molar refractivity (Wildman–Crippen MR) is 61.7 cm³/mol. The minimum atomic E-state index is 0.448. The Balaban J connectivity index is 2.03. The summed E-state index contributed by atoms with van der Waals surface area (Å²) >= 11 is 0. The molecule has 0 aliphatic carbocycles. The van der Waals surface area contributed by atoms with Gasteiger partial charge in [0.05, 0.1) is 0 Å². The molecule has 0 spiro atoms. The maximum atomic E-state index is 4.17. The van der Waals surface area contributed by atoms with Crippen LogP contribution in [-0.4, -0.2) is 36.1 Å². The van der Waals surface area contributed by atoms with Crippen molar-refractivity contribution >= 4 is 0 Å². The molecule has 1 aromatic rings. The molecule has 1 aliphatic heterocycles. The standard InChI is InChI=1S/C12H19N3/c1-10(11-4-3-6-13-8-11)15(2)12-5-7-14-9-12/h3-4,6,8,10,12,14H,5,7,9H2,1-2H3. The Hall–Kier alpha value is -0.930. The van der Waals surface area contributed by atoms with Crippen LogP contribution < -0.4 is 5.32 Å². The highest BCUT2D eigenvalue weighted by atomic mass is 15.2. The van der Waals surface area contributed by atoms with Crippen molar-refractivity contribution in [1.82, 2.24) is 15.2 Å². The van der Waals surface area contributed by atoms with E-state index in [0.717, 1.165) is 13.1 Å². The average Bonchev–Trinajstić information content (AvgIpc) is 2.82. The van der Waals surface area contributed by atoms with E-state index in [2.05, 4.69) is 35.2 Å². The molecule has 1 fully saturated rings. The fraction of sp³-hybridized carbons (Fsp3) is 0.583. The second-order valence-electron chi connectivity index (χ2n) is 4.27. The molecule has 82 valence electrons. The van der Waals surface area contributed by atoms with Gasteiger partial charge in [0.2, 0.25) is 0 Å². The zero-order valence-electron chi connectivity index (χ0n) is 9.48. The van der Waals surface area contributed by atoms with E-state index in [1.54, 1.807) is 0 Å². The Morgan fingerprint density at radius 3 is 3.07 bits per heavy atom. The van der Waals surface area contributed by atoms with Gasteiger partial charge >= 0.3 is 0 Å². The van der Waals surface area contributed by atoms with E-state index in [1.807, 2.05) is 18.5 Å². The molecule has 0 saturated carbocycles. The summed E-state index contributed by atoms with van der Waals surface area (Å²) in [5.41, 5.74) is 1.30. The van der Waals surface area contributed by atoms with E-state index in [-0.39, 0.29) is 0 Å². The molecule has 0 aromatic carbocycles. The molecule has 1 saturated heterocycles. The van der Waals surface area contributed by atoms with Crippen LogP contribution in [0.2, 0.25) is 0 Å². The Morgan fingerprint density at radius 1 is 1.60 bits per heavy atom. The van der Waals surface area contributed by atoms with E-state index in [9.17, 15) is 0 Å². The number of nitrogens with one attached hydrogen (secondary N) is 1. The maximum Gasteiger partial charge on any atom is 0.0335 e. The summed E-state index contributed by atoms with van der Waals surface area (Å²) in [6.45, 7) is 4.51. The van der Waals surface area contributed by atoms with Crippen LogP contribution in [0, 0.1) is 0 Å². The zero-order chi connectivity index (χ0) is 10.7. The van der Waals surface area contributed by atoms with Crippen molar-refractivity contribution in [2.45, 2.75) is 25.4 Å². The normalized spacial score (nSPS) is 23.3. The molecule has 0 radical (unpaired) electrons. The smallest absolute Gasteiger partial charge is 0.0335 e. The Bertz CT molecular complexity index is 293. The summed E-state index contributed by atoms with van der Waals surface area (Å²) in [6.07, 6.45) is 5.04. The number of hydrogen-bond acceptors (Lipinski definition) is 3. The Labute approximate surface area is 91.5 Å². The topological polar surface area (TPSA) is 28.2 Å². The van der Waals surface area contributed by atoms with Crippen LogP contribution in [0.25, 0.3) is 0 Å². The molecule has 2 heterocycles. The third kappa shape index (κ3) is 2.36. The molecule has 2 atom stereocenters. The predicted octanol–water partition coefficient (Wildman–Crippen LogP) is 1.44. The van der Waals surface area contributed by atoms with E-state index < -0.39 is 0 Å². The van der Waals surface area contributed by atoms with Gasteiger partial charge in [-0.1, -0.05) is 6.07 Å². The van der Waals surface area contributed by atoms with Crippen molar-refractivity contribution in [3.8, 4) is 0 Å². The quantitative estimate of drug-likeness (QED) is 0.809. The fourth-order valence-corrected chi connectivity index (χ4v) is 2.16. The first-order valence-electron chi connectivity index (χ1n) is 5.61. The van der Waals surface area contributed by atoms with Gasteiger partial charge in [-0.05, 0) is 38.6 Å². The average molecular weight is 205 g/mol. The van der Waals surface area contributed by atoms with Crippen LogP contribution in [0.1, 0.15) is 24.9 Å². The molecular formula is C12H19N3. The lowest BCUT2D eigenvalue weighted by atomic mass is 10.1. The van der Waals surface area contributed by atoms with Gasteiger partial charge in [0, 0.05) is 31.0 Å². The highest BCUT2D eigenvalue weighted by molar-refractivity contribution is 5.13. The van der Waals surface area contributed by atoms with Crippen molar-refractivity contribution in [3.63, 3.8) is 0 Å². The molecule has 3 heteroatoms. The van der Waals surface area contributed by atoms with Gasteiger partial charge in [-0.2, -0.15) is 0 Å². The number of hydrogen-bond donors (Lipinski definition) is 1. The second kappa shape index (κ2) is 4.73. The molecule has 2 unspecified atom stereocenters.